The van der Waals surface area contributed by atoms with Crippen molar-refractivity contribution in [3.63, 3.8) is 0 Å². The zero-order valence-corrected chi connectivity index (χ0v) is 15.4. The normalized spacial score (nSPS) is 24.8. The van der Waals surface area contributed by atoms with Crippen LogP contribution in [0.5, 0.6) is 11.5 Å². The van der Waals surface area contributed by atoms with Crippen LogP contribution >= 0.6 is 0 Å². The Morgan fingerprint density at radius 3 is 2.74 bits per heavy atom. The first kappa shape index (κ1) is 18.2. The first-order chi connectivity index (χ1) is 12.9. The van der Waals surface area contributed by atoms with E-state index in [0.29, 0.717) is 31.7 Å². The summed E-state index contributed by atoms with van der Waals surface area (Å²) in [6.07, 6.45) is 3.78. The van der Waals surface area contributed by atoms with E-state index in [1.165, 1.54) is 0 Å². The van der Waals surface area contributed by atoms with Crippen LogP contribution in [0, 0.1) is 11.8 Å². The lowest BCUT2D eigenvalue weighted by molar-refractivity contribution is -0.144. The number of carbonyl (C=O) groups is 2. The van der Waals surface area contributed by atoms with Crippen molar-refractivity contribution in [2.45, 2.75) is 45.0 Å². The average molecular weight is 373 g/mol. The lowest BCUT2D eigenvalue weighted by Crippen LogP contribution is -2.57. The Labute approximate surface area is 158 Å². The van der Waals surface area contributed by atoms with Crippen LogP contribution in [-0.4, -0.2) is 53.2 Å². The number of amides is 1. The molecule has 2 aliphatic heterocycles. The summed E-state index contributed by atoms with van der Waals surface area (Å²) in [5.41, 5.74) is 0.700. The van der Waals surface area contributed by atoms with Crippen molar-refractivity contribution in [2.24, 2.45) is 11.8 Å². The number of benzene rings is 1. The van der Waals surface area contributed by atoms with Gasteiger partial charge in [-0.1, -0.05) is 13.0 Å². The number of carboxylic acid groups (broad SMARTS) is 1. The monoisotopic (exact) mass is 373 g/mol. The van der Waals surface area contributed by atoms with E-state index < -0.39 is 13.1 Å². The second-order valence-corrected chi connectivity index (χ2v) is 7.94. The predicted octanol–water partition coefficient (Wildman–Crippen LogP) is 1.83. The smallest absolute Gasteiger partial charge is 0.522 e. The first-order valence-corrected chi connectivity index (χ1v) is 9.61. The molecule has 2 N–H and O–H groups in total. The predicted molar refractivity (Wildman–Crippen MR) is 98.0 cm³/mol. The molecule has 8 heteroatoms. The molecule has 144 valence electrons. The molecule has 0 bridgehead atoms. The maximum absolute atomic E-state index is 12.5. The molecular weight excluding hydrogens is 349 g/mol. The van der Waals surface area contributed by atoms with Crippen LogP contribution in [0.25, 0.3) is 0 Å². The Balaban J connectivity index is 1.43. The number of carbonyl (C=O) groups excluding carboxylic acids is 1. The Hall–Kier alpha value is -2.22. The third-order valence-electron chi connectivity index (χ3n) is 5.83. The maximum atomic E-state index is 12.5. The van der Waals surface area contributed by atoms with Gasteiger partial charge in [-0.25, -0.2) is 4.79 Å². The van der Waals surface area contributed by atoms with Gasteiger partial charge in [0, 0.05) is 5.92 Å². The number of rotatable bonds is 4. The number of hydrogen-bond donors (Lipinski definition) is 2. The zero-order chi connectivity index (χ0) is 19.1. The largest absolute Gasteiger partial charge is 0.535 e. The number of ether oxygens (including phenoxy) is 1. The van der Waals surface area contributed by atoms with Gasteiger partial charge in [-0.15, -0.1) is 0 Å². The molecule has 4 rings (SSSR count). The highest BCUT2D eigenvalue weighted by atomic mass is 16.5. The Morgan fingerprint density at radius 1 is 1.30 bits per heavy atom. The minimum atomic E-state index is -1.15. The summed E-state index contributed by atoms with van der Waals surface area (Å²) in [7, 11) is -1.00. The van der Waals surface area contributed by atoms with E-state index in [9.17, 15) is 19.7 Å². The quantitative estimate of drug-likeness (QED) is 0.782. The van der Waals surface area contributed by atoms with Gasteiger partial charge in [0.1, 0.15) is 23.2 Å². The molecule has 27 heavy (non-hydrogen) atoms. The van der Waals surface area contributed by atoms with Gasteiger partial charge in [0.15, 0.2) is 0 Å². The van der Waals surface area contributed by atoms with Crippen LogP contribution < -0.4 is 9.39 Å². The van der Waals surface area contributed by atoms with Gasteiger partial charge >= 0.3 is 13.1 Å². The number of hydrogen-bond acceptors (Lipinski definition) is 5. The fourth-order valence-corrected chi connectivity index (χ4v) is 4.28. The van der Waals surface area contributed by atoms with Gasteiger partial charge in [0.25, 0.3) is 0 Å². The van der Waals surface area contributed by atoms with Crippen LogP contribution in [0.4, 0.5) is 0 Å². The molecule has 3 aliphatic rings. The van der Waals surface area contributed by atoms with E-state index in [4.69, 9.17) is 9.39 Å². The van der Waals surface area contributed by atoms with Gasteiger partial charge in [-0.3, -0.25) is 4.79 Å². The minimum absolute atomic E-state index is 0.0550. The maximum Gasteiger partial charge on any atom is 0.522 e. The van der Waals surface area contributed by atoms with Crippen molar-refractivity contribution in [1.29, 1.82) is 0 Å². The van der Waals surface area contributed by atoms with Crippen LogP contribution in [0.1, 0.15) is 42.1 Å². The minimum Gasteiger partial charge on any atom is -0.535 e. The SMILES string of the molecule is C[C@@H]1CC[C@H](C(=O)N2CC(Oc3ccc4c(c3C(=O)O)OB(O)CC4)C2)C1. The third kappa shape index (κ3) is 3.50. The molecule has 0 radical (unpaired) electrons. The van der Waals surface area contributed by atoms with Gasteiger partial charge in [0.05, 0.1) is 13.1 Å². The fourth-order valence-electron chi connectivity index (χ4n) is 4.28. The molecule has 1 aliphatic carbocycles. The molecule has 1 aromatic rings. The van der Waals surface area contributed by atoms with Gasteiger partial charge < -0.3 is 24.4 Å². The summed E-state index contributed by atoms with van der Waals surface area (Å²) in [4.78, 5) is 26.1. The number of carboxylic acids is 1. The van der Waals surface area contributed by atoms with E-state index >= 15 is 0 Å². The number of likely N-dealkylation sites (tertiary alicyclic amines) is 1. The van der Waals surface area contributed by atoms with E-state index in [1.54, 1.807) is 17.0 Å². The van der Waals surface area contributed by atoms with Crippen molar-refractivity contribution < 1.29 is 29.1 Å². The van der Waals surface area contributed by atoms with Crippen molar-refractivity contribution in [2.75, 3.05) is 13.1 Å². The van der Waals surface area contributed by atoms with Gasteiger partial charge in [-0.05, 0) is 49.6 Å². The lowest BCUT2D eigenvalue weighted by atomic mass is 9.78. The molecule has 0 spiro atoms. The van der Waals surface area contributed by atoms with Crippen LogP contribution in [0.2, 0.25) is 6.32 Å². The average Bonchev–Trinajstić information content (AvgIpc) is 3.02. The summed E-state index contributed by atoms with van der Waals surface area (Å²) in [5.74, 6) is 0.177. The van der Waals surface area contributed by atoms with Gasteiger partial charge in [-0.2, -0.15) is 0 Å². The number of nitrogens with zero attached hydrogens (tertiary/aromatic N) is 1. The molecule has 2 fully saturated rings. The third-order valence-corrected chi connectivity index (χ3v) is 5.83. The van der Waals surface area contributed by atoms with Crippen LogP contribution in [0.3, 0.4) is 0 Å². The summed E-state index contributed by atoms with van der Waals surface area (Å²) in [5, 5.41) is 19.3. The number of aryl methyl sites for hydroxylation is 1. The summed E-state index contributed by atoms with van der Waals surface area (Å²) < 4.78 is 11.2. The lowest BCUT2D eigenvalue weighted by Gasteiger charge is -2.40. The second-order valence-electron chi connectivity index (χ2n) is 7.94. The molecule has 2 atom stereocenters. The molecule has 1 amide bonds. The molecule has 7 nitrogen and oxygen atoms in total. The van der Waals surface area contributed by atoms with Crippen LogP contribution in [0.15, 0.2) is 12.1 Å². The zero-order valence-electron chi connectivity index (χ0n) is 15.4. The van der Waals surface area contributed by atoms with Crippen molar-refractivity contribution in [3.8, 4) is 11.5 Å². The highest BCUT2D eigenvalue weighted by molar-refractivity contribution is 6.44. The second kappa shape index (κ2) is 7.07. The van der Waals surface area contributed by atoms with Crippen LogP contribution in [-0.2, 0) is 11.2 Å². The molecule has 1 saturated heterocycles. The number of aromatic carboxylic acids is 1. The molecule has 1 aromatic carbocycles. The van der Waals surface area contributed by atoms with E-state index in [1.807, 2.05) is 0 Å². The number of fused-ring (bicyclic) bond motifs is 1. The summed E-state index contributed by atoms with van der Waals surface area (Å²) >= 11 is 0. The van der Waals surface area contributed by atoms with Gasteiger partial charge in [0.2, 0.25) is 5.91 Å². The molecule has 0 unspecified atom stereocenters. The Kier molecular flexibility index (Phi) is 4.76. The highest BCUT2D eigenvalue weighted by Crippen LogP contribution is 2.38. The van der Waals surface area contributed by atoms with E-state index in [2.05, 4.69) is 6.92 Å². The standard InChI is InChI=1S/C19H24BNO6/c1-11-2-3-13(8-11)18(22)21-9-14(10-21)26-15-5-4-12-6-7-20(25)27-17(12)16(15)19(23)24/h4-5,11,13-14,25H,2-3,6-10H2,1H3,(H,23,24)/t11-,13+/m1/s1. The first-order valence-electron chi connectivity index (χ1n) is 9.61. The van der Waals surface area contributed by atoms with Crippen molar-refractivity contribution >= 4 is 19.0 Å². The van der Waals surface area contributed by atoms with E-state index in [-0.39, 0.29) is 35.0 Å². The fraction of sp³-hybridized carbons (Fsp3) is 0.579. The topological polar surface area (TPSA) is 96.3 Å². The summed E-state index contributed by atoms with van der Waals surface area (Å²) in [6.45, 7) is 3.13. The molecule has 0 aromatic heterocycles. The van der Waals surface area contributed by atoms with Crippen molar-refractivity contribution in [3.05, 3.63) is 23.3 Å². The Morgan fingerprint density at radius 2 is 2.07 bits per heavy atom. The molecular formula is C19H24BNO6. The Bertz CT molecular complexity index is 763. The summed E-state index contributed by atoms with van der Waals surface area (Å²) in [6, 6.07) is 3.43. The highest BCUT2D eigenvalue weighted by Gasteiger charge is 2.39. The molecule has 2 heterocycles. The molecule has 1 saturated carbocycles. The van der Waals surface area contributed by atoms with Crippen molar-refractivity contribution in [1.82, 2.24) is 4.90 Å². The van der Waals surface area contributed by atoms with E-state index in [0.717, 1.165) is 24.8 Å².